The molecule has 2 aromatic rings. The number of nitrogens with zero attached hydrogens (tertiary/aromatic N) is 1. The first-order valence-electron chi connectivity index (χ1n) is 6.34. The zero-order valence-electron chi connectivity index (χ0n) is 11.5. The van der Waals surface area contributed by atoms with E-state index in [0.717, 1.165) is 5.69 Å². The molecule has 6 heteroatoms. The normalized spacial score (nSPS) is 10.2. The highest BCUT2D eigenvalue weighted by molar-refractivity contribution is 6.30. The van der Waals surface area contributed by atoms with E-state index in [-0.39, 0.29) is 19.1 Å². The predicted molar refractivity (Wildman–Crippen MR) is 80.5 cm³/mol. The molecule has 0 bridgehead atoms. The summed E-state index contributed by atoms with van der Waals surface area (Å²) < 4.78 is 5.38. The molecule has 1 aromatic carbocycles. The Hall–Kier alpha value is -2.11. The van der Waals surface area contributed by atoms with Crippen LogP contribution in [0.25, 0.3) is 0 Å². The van der Waals surface area contributed by atoms with Crippen LogP contribution in [0.15, 0.2) is 36.4 Å². The Morgan fingerprint density at radius 3 is 2.90 bits per heavy atom. The van der Waals surface area contributed by atoms with Crippen LogP contribution in [0.2, 0.25) is 5.02 Å². The Balaban J connectivity index is 1.95. The van der Waals surface area contributed by atoms with E-state index >= 15 is 0 Å². The zero-order chi connectivity index (χ0) is 15.2. The summed E-state index contributed by atoms with van der Waals surface area (Å²) in [6.45, 7) is 1.39. The number of halogens is 1. The molecule has 0 aliphatic rings. The molecule has 1 amide bonds. The van der Waals surface area contributed by atoms with Gasteiger partial charge in [-0.25, -0.2) is 0 Å². The average Bonchev–Trinajstić information content (AvgIpc) is 2.45. The smallest absolute Gasteiger partial charge is 0.262 e. The Kier molecular flexibility index (Phi) is 5.14. The van der Waals surface area contributed by atoms with Crippen LogP contribution in [0.4, 0.5) is 5.69 Å². The molecule has 0 saturated carbocycles. The highest BCUT2D eigenvalue weighted by atomic mass is 35.5. The summed E-state index contributed by atoms with van der Waals surface area (Å²) in [6, 6.07) is 10.3. The number of carbonyl (C=O) groups excluding carboxylic acids is 1. The predicted octanol–water partition coefficient (Wildman–Crippen LogP) is 2.55. The maximum absolute atomic E-state index is 11.8. The number of hydrogen-bond acceptors (Lipinski definition) is 4. The molecule has 1 heterocycles. The fourth-order valence-electron chi connectivity index (χ4n) is 1.75. The van der Waals surface area contributed by atoms with Crippen molar-refractivity contribution in [3.8, 4) is 5.75 Å². The Morgan fingerprint density at radius 2 is 2.19 bits per heavy atom. The number of aryl methyl sites for hydroxylation is 1. The lowest BCUT2D eigenvalue weighted by atomic mass is 10.3. The highest BCUT2D eigenvalue weighted by Gasteiger charge is 2.08. The standard InChI is InChI=1S/C15H15ClN2O3/c1-10-5-6-14(13(8-19)17-10)21-9-15(20)18-12-4-2-3-11(16)7-12/h2-7,19H,8-9H2,1H3,(H,18,20). The third-order valence-corrected chi connectivity index (χ3v) is 2.92. The van der Waals surface area contributed by atoms with Crippen molar-refractivity contribution in [3.63, 3.8) is 0 Å². The molecule has 0 atom stereocenters. The first kappa shape index (κ1) is 15.3. The summed E-state index contributed by atoms with van der Waals surface area (Å²) in [5.74, 6) is 0.0751. The van der Waals surface area contributed by atoms with E-state index < -0.39 is 0 Å². The van der Waals surface area contributed by atoms with Gasteiger partial charge in [0.25, 0.3) is 5.91 Å². The molecule has 0 saturated heterocycles. The second-order valence-corrected chi connectivity index (χ2v) is 4.84. The van der Waals surface area contributed by atoms with Gasteiger partial charge in [-0.3, -0.25) is 9.78 Å². The van der Waals surface area contributed by atoms with E-state index in [0.29, 0.717) is 22.2 Å². The molecule has 0 radical (unpaired) electrons. The van der Waals surface area contributed by atoms with Gasteiger partial charge < -0.3 is 15.2 Å². The van der Waals surface area contributed by atoms with Crippen LogP contribution in [0.1, 0.15) is 11.4 Å². The van der Waals surface area contributed by atoms with Gasteiger partial charge in [0.05, 0.1) is 6.61 Å². The number of aliphatic hydroxyl groups excluding tert-OH is 1. The van der Waals surface area contributed by atoms with E-state index in [2.05, 4.69) is 10.3 Å². The molecule has 0 aliphatic carbocycles. The summed E-state index contributed by atoms with van der Waals surface area (Å²) in [6.07, 6.45) is 0. The van der Waals surface area contributed by atoms with Gasteiger partial charge in [-0.15, -0.1) is 0 Å². The van der Waals surface area contributed by atoms with Gasteiger partial charge in [0.15, 0.2) is 6.61 Å². The number of rotatable bonds is 5. The van der Waals surface area contributed by atoms with E-state index in [9.17, 15) is 9.90 Å². The van der Waals surface area contributed by atoms with E-state index in [1.54, 1.807) is 36.4 Å². The number of anilines is 1. The van der Waals surface area contributed by atoms with Gasteiger partial charge in [-0.05, 0) is 37.3 Å². The summed E-state index contributed by atoms with van der Waals surface area (Å²) >= 11 is 5.84. The van der Waals surface area contributed by atoms with Crippen molar-refractivity contribution in [2.24, 2.45) is 0 Å². The minimum absolute atomic E-state index is 0.176. The van der Waals surface area contributed by atoms with Crippen LogP contribution in [0, 0.1) is 6.92 Å². The molecular formula is C15H15ClN2O3. The first-order valence-corrected chi connectivity index (χ1v) is 6.72. The molecular weight excluding hydrogens is 292 g/mol. The fourth-order valence-corrected chi connectivity index (χ4v) is 1.94. The molecule has 0 fully saturated rings. The Labute approximate surface area is 127 Å². The number of aromatic nitrogens is 1. The van der Waals surface area contributed by atoms with Crippen LogP contribution < -0.4 is 10.1 Å². The summed E-state index contributed by atoms with van der Waals surface area (Å²) in [5.41, 5.74) is 1.78. The Bertz CT molecular complexity index is 647. The lowest BCUT2D eigenvalue weighted by Gasteiger charge is -2.10. The fraction of sp³-hybridized carbons (Fsp3) is 0.200. The van der Waals surface area contributed by atoms with Crippen LogP contribution in [-0.4, -0.2) is 22.6 Å². The average molecular weight is 307 g/mol. The minimum Gasteiger partial charge on any atom is -0.482 e. The molecule has 2 rings (SSSR count). The second kappa shape index (κ2) is 7.06. The van der Waals surface area contributed by atoms with Gasteiger partial charge in [-0.1, -0.05) is 17.7 Å². The minimum atomic E-state index is -0.318. The number of carbonyl (C=O) groups is 1. The number of aliphatic hydroxyl groups is 1. The zero-order valence-corrected chi connectivity index (χ0v) is 12.2. The van der Waals surface area contributed by atoms with Crippen molar-refractivity contribution < 1.29 is 14.6 Å². The largest absolute Gasteiger partial charge is 0.482 e. The maximum Gasteiger partial charge on any atom is 0.262 e. The first-order chi connectivity index (χ1) is 10.1. The number of hydrogen-bond donors (Lipinski definition) is 2. The van der Waals surface area contributed by atoms with Crippen LogP contribution in [-0.2, 0) is 11.4 Å². The van der Waals surface area contributed by atoms with Crippen LogP contribution in [0.5, 0.6) is 5.75 Å². The van der Waals surface area contributed by atoms with E-state index in [1.165, 1.54) is 0 Å². The van der Waals surface area contributed by atoms with Gasteiger partial charge >= 0.3 is 0 Å². The lowest BCUT2D eigenvalue weighted by molar-refractivity contribution is -0.118. The van der Waals surface area contributed by atoms with Crippen molar-refractivity contribution in [3.05, 3.63) is 52.8 Å². The van der Waals surface area contributed by atoms with Gasteiger partial charge in [-0.2, -0.15) is 0 Å². The molecule has 0 spiro atoms. The molecule has 110 valence electrons. The quantitative estimate of drug-likeness (QED) is 0.890. The molecule has 0 aliphatic heterocycles. The molecule has 1 aromatic heterocycles. The third-order valence-electron chi connectivity index (χ3n) is 2.69. The topological polar surface area (TPSA) is 71.5 Å². The Morgan fingerprint density at radius 1 is 1.38 bits per heavy atom. The summed E-state index contributed by atoms with van der Waals surface area (Å²) in [5, 5.41) is 12.4. The van der Waals surface area contributed by atoms with Crippen molar-refractivity contribution in [1.29, 1.82) is 0 Å². The van der Waals surface area contributed by atoms with Gasteiger partial charge in [0.2, 0.25) is 0 Å². The molecule has 0 unspecified atom stereocenters. The monoisotopic (exact) mass is 306 g/mol. The number of amides is 1. The van der Waals surface area contributed by atoms with Crippen molar-refractivity contribution in [2.45, 2.75) is 13.5 Å². The van der Waals surface area contributed by atoms with Gasteiger partial charge in [0.1, 0.15) is 11.4 Å². The molecule has 2 N–H and O–H groups in total. The van der Waals surface area contributed by atoms with E-state index in [4.69, 9.17) is 16.3 Å². The number of pyridine rings is 1. The highest BCUT2D eigenvalue weighted by Crippen LogP contribution is 2.17. The van der Waals surface area contributed by atoms with Crippen LogP contribution >= 0.6 is 11.6 Å². The molecule has 5 nitrogen and oxygen atoms in total. The molecule has 21 heavy (non-hydrogen) atoms. The maximum atomic E-state index is 11.8. The second-order valence-electron chi connectivity index (χ2n) is 4.40. The summed E-state index contributed by atoms with van der Waals surface area (Å²) in [4.78, 5) is 15.9. The summed E-state index contributed by atoms with van der Waals surface area (Å²) in [7, 11) is 0. The number of benzene rings is 1. The third kappa shape index (κ3) is 4.44. The van der Waals surface area contributed by atoms with Crippen molar-refractivity contribution in [1.82, 2.24) is 4.98 Å². The number of nitrogens with one attached hydrogen (secondary N) is 1. The van der Waals surface area contributed by atoms with Crippen molar-refractivity contribution >= 4 is 23.2 Å². The SMILES string of the molecule is Cc1ccc(OCC(=O)Nc2cccc(Cl)c2)c(CO)n1. The van der Waals surface area contributed by atoms with Gasteiger partial charge in [0, 0.05) is 16.4 Å². The van der Waals surface area contributed by atoms with E-state index in [1.807, 2.05) is 6.92 Å². The number of ether oxygens (including phenoxy) is 1. The lowest BCUT2D eigenvalue weighted by Crippen LogP contribution is -2.20. The van der Waals surface area contributed by atoms with Crippen molar-refractivity contribution in [2.75, 3.05) is 11.9 Å². The van der Waals surface area contributed by atoms with Crippen LogP contribution in [0.3, 0.4) is 0 Å².